The van der Waals surface area contributed by atoms with E-state index >= 15 is 0 Å². The predicted octanol–water partition coefficient (Wildman–Crippen LogP) is 3.60. The summed E-state index contributed by atoms with van der Waals surface area (Å²) < 4.78 is 38.0. The summed E-state index contributed by atoms with van der Waals surface area (Å²) in [5, 5.41) is 0. The minimum atomic E-state index is -0.768. The van der Waals surface area contributed by atoms with Crippen LogP contribution in [0.5, 0.6) is 5.75 Å². The standard InChI is InChI=1S/C15H18F2O2/c16-11-2-1-10(7-11)14-8-12(17)3-4-15(14)19-13-5-6-18-9-13/h3-4,8,10-11,13H,1-2,5-7,9H2/t10?,11-,13-/m0/s1. The van der Waals surface area contributed by atoms with Crippen LogP contribution in [0.2, 0.25) is 0 Å². The van der Waals surface area contributed by atoms with Crippen LogP contribution in [-0.4, -0.2) is 25.5 Å². The Morgan fingerprint density at radius 1 is 1.21 bits per heavy atom. The molecule has 3 atom stereocenters. The molecule has 1 saturated heterocycles. The molecule has 1 aliphatic carbocycles. The van der Waals surface area contributed by atoms with Gasteiger partial charge in [0.05, 0.1) is 13.2 Å². The zero-order chi connectivity index (χ0) is 13.2. The molecule has 1 aromatic rings. The molecule has 2 aliphatic rings. The van der Waals surface area contributed by atoms with Crippen LogP contribution in [0, 0.1) is 5.82 Å². The third kappa shape index (κ3) is 2.89. The maximum absolute atomic E-state index is 13.4. The number of ether oxygens (including phenoxy) is 2. The SMILES string of the molecule is Fc1ccc(O[C@H]2CCOC2)c(C2CC[C@H](F)C2)c1. The molecule has 0 amide bonds. The summed E-state index contributed by atoms with van der Waals surface area (Å²) in [7, 11) is 0. The number of rotatable bonds is 3. The zero-order valence-electron chi connectivity index (χ0n) is 10.8. The second-order valence-corrected chi connectivity index (χ2v) is 5.39. The van der Waals surface area contributed by atoms with Crippen molar-refractivity contribution >= 4 is 0 Å². The topological polar surface area (TPSA) is 18.5 Å². The van der Waals surface area contributed by atoms with Crippen LogP contribution in [0.1, 0.15) is 37.2 Å². The smallest absolute Gasteiger partial charge is 0.124 e. The Bertz CT molecular complexity index is 444. The van der Waals surface area contributed by atoms with E-state index in [0.717, 1.165) is 18.4 Å². The molecule has 1 aliphatic heterocycles. The minimum absolute atomic E-state index is 0.0341. The van der Waals surface area contributed by atoms with Gasteiger partial charge in [0.25, 0.3) is 0 Å². The van der Waals surface area contributed by atoms with Crippen LogP contribution < -0.4 is 4.74 Å². The Hall–Kier alpha value is -1.16. The van der Waals surface area contributed by atoms with Crippen LogP contribution in [0.3, 0.4) is 0 Å². The molecule has 0 spiro atoms. The van der Waals surface area contributed by atoms with Gasteiger partial charge < -0.3 is 9.47 Å². The van der Waals surface area contributed by atoms with Crippen molar-refractivity contribution in [2.24, 2.45) is 0 Å². The average molecular weight is 268 g/mol. The normalized spacial score (nSPS) is 30.7. The van der Waals surface area contributed by atoms with Crippen molar-refractivity contribution in [2.75, 3.05) is 13.2 Å². The molecule has 4 heteroatoms. The number of benzene rings is 1. The van der Waals surface area contributed by atoms with Crippen LogP contribution in [0.4, 0.5) is 8.78 Å². The van der Waals surface area contributed by atoms with Crippen molar-refractivity contribution in [3.8, 4) is 5.75 Å². The summed E-state index contributed by atoms with van der Waals surface area (Å²) >= 11 is 0. The van der Waals surface area contributed by atoms with E-state index in [2.05, 4.69) is 0 Å². The van der Waals surface area contributed by atoms with Gasteiger partial charge in [-0.25, -0.2) is 8.78 Å². The van der Waals surface area contributed by atoms with Crippen LogP contribution in [-0.2, 0) is 4.74 Å². The van der Waals surface area contributed by atoms with Crippen molar-refractivity contribution < 1.29 is 18.3 Å². The Balaban J connectivity index is 1.81. The lowest BCUT2D eigenvalue weighted by Crippen LogP contribution is -2.17. The largest absolute Gasteiger partial charge is 0.488 e. The molecular formula is C15H18F2O2. The molecule has 1 unspecified atom stereocenters. The van der Waals surface area contributed by atoms with Gasteiger partial charge in [0.15, 0.2) is 0 Å². The minimum Gasteiger partial charge on any atom is -0.488 e. The number of alkyl halides is 1. The Kier molecular flexibility index (Phi) is 3.69. The summed E-state index contributed by atoms with van der Waals surface area (Å²) in [6, 6.07) is 4.55. The number of halogens is 2. The number of hydrogen-bond acceptors (Lipinski definition) is 2. The third-order valence-electron chi connectivity index (χ3n) is 3.96. The van der Waals surface area contributed by atoms with Gasteiger partial charge in [-0.3, -0.25) is 0 Å². The third-order valence-corrected chi connectivity index (χ3v) is 3.96. The van der Waals surface area contributed by atoms with Crippen molar-refractivity contribution in [2.45, 2.75) is 43.9 Å². The first-order chi connectivity index (χ1) is 9.22. The van der Waals surface area contributed by atoms with E-state index in [0.29, 0.717) is 31.8 Å². The summed E-state index contributed by atoms with van der Waals surface area (Å²) in [4.78, 5) is 0. The van der Waals surface area contributed by atoms with E-state index in [1.807, 2.05) is 0 Å². The fourth-order valence-electron chi connectivity index (χ4n) is 2.94. The first-order valence-electron chi connectivity index (χ1n) is 6.90. The van der Waals surface area contributed by atoms with Crippen molar-refractivity contribution in [1.82, 2.24) is 0 Å². The van der Waals surface area contributed by atoms with E-state index in [1.54, 1.807) is 6.07 Å². The highest BCUT2D eigenvalue weighted by molar-refractivity contribution is 5.37. The molecule has 0 radical (unpaired) electrons. The Morgan fingerprint density at radius 3 is 2.79 bits per heavy atom. The summed E-state index contributed by atoms with van der Waals surface area (Å²) in [5.74, 6) is 0.478. The lowest BCUT2D eigenvalue weighted by Gasteiger charge is -2.19. The Labute approximate surface area is 111 Å². The van der Waals surface area contributed by atoms with E-state index in [9.17, 15) is 8.78 Å². The van der Waals surface area contributed by atoms with Gasteiger partial charge in [-0.05, 0) is 43.4 Å². The average Bonchev–Trinajstić information content (AvgIpc) is 3.03. The van der Waals surface area contributed by atoms with Gasteiger partial charge in [-0.1, -0.05) is 0 Å². The van der Waals surface area contributed by atoms with E-state index in [-0.39, 0.29) is 17.8 Å². The molecular weight excluding hydrogens is 250 g/mol. The van der Waals surface area contributed by atoms with Gasteiger partial charge in [0, 0.05) is 12.0 Å². The molecule has 2 fully saturated rings. The lowest BCUT2D eigenvalue weighted by molar-refractivity contribution is 0.140. The monoisotopic (exact) mass is 268 g/mol. The highest BCUT2D eigenvalue weighted by Crippen LogP contribution is 2.40. The first kappa shape index (κ1) is 12.9. The van der Waals surface area contributed by atoms with E-state index < -0.39 is 6.17 Å². The second kappa shape index (κ2) is 5.45. The molecule has 0 bridgehead atoms. The van der Waals surface area contributed by atoms with E-state index in [1.165, 1.54) is 12.1 Å². The second-order valence-electron chi connectivity index (χ2n) is 5.39. The van der Waals surface area contributed by atoms with Crippen molar-refractivity contribution in [1.29, 1.82) is 0 Å². The Morgan fingerprint density at radius 2 is 2.11 bits per heavy atom. The molecule has 0 aromatic heterocycles. The van der Waals surface area contributed by atoms with Crippen molar-refractivity contribution in [3.63, 3.8) is 0 Å². The highest BCUT2D eigenvalue weighted by Gasteiger charge is 2.29. The quantitative estimate of drug-likeness (QED) is 0.834. The number of hydrogen-bond donors (Lipinski definition) is 0. The predicted molar refractivity (Wildman–Crippen MR) is 67.7 cm³/mol. The van der Waals surface area contributed by atoms with Gasteiger partial charge in [-0.15, -0.1) is 0 Å². The van der Waals surface area contributed by atoms with Crippen LogP contribution >= 0.6 is 0 Å². The molecule has 104 valence electrons. The van der Waals surface area contributed by atoms with Gasteiger partial charge in [0.1, 0.15) is 23.8 Å². The van der Waals surface area contributed by atoms with Gasteiger partial charge in [0.2, 0.25) is 0 Å². The molecule has 2 nitrogen and oxygen atoms in total. The molecule has 19 heavy (non-hydrogen) atoms. The lowest BCUT2D eigenvalue weighted by atomic mass is 9.96. The summed E-state index contributed by atoms with van der Waals surface area (Å²) in [6.45, 7) is 1.28. The molecule has 0 N–H and O–H groups in total. The maximum Gasteiger partial charge on any atom is 0.124 e. The van der Waals surface area contributed by atoms with Crippen LogP contribution in [0.15, 0.2) is 18.2 Å². The zero-order valence-corrected chi connectivity index (χ0v) is 10.8. The van der Waals surface area contributed by atoms with Gasteiger partial charge >= 0.3 is 0 Å². The van der Waals surface area contributed by atoms with Gasteiger partial charge in [-0.2, -0.15) is 0 Å². The molecule has 1 aromatic carbocycles. The molecule has 1 saturated carbocycles. The maximum atomic E-state index is 13.4. The highest BCUT2D eigenvalue weighted by atomic mass is 19.1. The first-order valence-corrected chi connectivity index (χ1v) is 6.90. The van der Waals surface area contributed by atoms with Crippen molar-refractivity contribution in [3.05, 3.63) is 29.6 Å². The van der Waals surface area contributed by atoms with Crippen LogP contribution in [0.25, 0.3) is 0 Å². The molecule has 3 rings (SSSR count). The molecule has 1 heterocycles. The summed E-state index contributed by atoms with van der Waals surface area (Å²) in [6.07, 6.45) is 1.92. The summed E-state index contributed by atoms with van der Waals surface area (Å²) in [5.41, 5.74) is 0.812. The fourth-order valence-corrected chi connectivity index (χ4v) is 2.94. The van der Waals surface area contributed by atoms with E-state index in [4.69, 9.17) is 9.47 Å². The fraction of sp³-hybridized carbons (Fsp3) is 0.600.